The average molecular weight is 358 g/mol. The Morgan fingerprint density at radius 1 is 1.24 bits per heavy atom. The molecule has 2 amide bonds. The number of carbonyl (C=O) groups excluding carboxylic acids is 1. The molecule has 5 heteroatoms. The number of anilines is 1. The van der Waals surface area contributed by atoms with Crippen molar-refractivity contribution in [3.8, 4) is 0 Å². The van der Waals surface area contributed by atoms with E-state index in [0.717, 1.165) is 25.1 Å². The van der Waals surface area contributed by atoms with Gasteiger partial charge in [-0.05, 0) is 49.1 Å². The lowest BCUT2D eigenvalue weighted by Gasteiger charge is -2.19. The fourth-order valence-electron chi connectivity index (χ4n) is 3.22. The number of hydrogen-bond acceptors (Lipinski definition) is 2. The Balaban J connectivity index is 1.44. The van der Waals surface area contributed by atoms with Crippen LogP contribution in [-0.4, -0.2) is 25.7 Å². The molecule has 0 bridgehead atoms. The SMILES string of the molecule is CC(NC(=O)NCC1CCN(c2ccccc2)C1)c1cccc(Cl)c1. The molecule has 1 saturated heterocycles. The molecule has 0 aliphatic carbocycles. The number of halogens is 1. The summed E-state index contributed by atoms with van der Waals surface area (Å²) < 4.78 is 0. The highest BCUT2D eigenvalue weighted by Gasteiger charge is 2.23. The first-order valence-corrected chi connectivity index (χ1v) is 9.09. The molecule has 25 heavy (non-hydrogen) atoms. The molecule has 1 aliphatic rings. The quantitative estimate of drug-likeness (QED) is 0.841. The number of urea groups is 1. The van der Waals surface area contributed by atoms with Crippen molar-refractivity contribution in [1.29, 1.82) is 0 Å². The number of benzene rings is 2. The van der Waals surface area contributed by atoms with Crippen LogP contribution in [0, 0.1) is 5.92 Å². The largest absolute Gasteiger partial charge is 0.371 e. The Kier molecular flexibility index (Phi) is 5.82. The zero-order valence-electron chi connectivity index (χ0n) is 14.4. The maximum atomic E-state index is 12.2. The normalized spacial score (nSPS) is 18.0. The Morgan fingerprint density at radius 3 is 2.80 bits per heavy atom. The predicted molar refractivity (Wildman–Crippen MR) is 103 cm³/mol. The van der Waals surface area contributed by atoms with E-state index in [0.29, 0.717) is 17.5 Å². The van der Waals surface area contributed by atoms with Gasteiger partial charge in [-0.15, -0.1) is 0 Å². The summed E-state index contributed by atoms with van der Waals surface area (Å²) in [4.78, 5) is 14.5. The molecule has 2 N–H and O–H groups in total. The zero-order valence-corrected chi connectivity index (χ0v) is 15.2. The van der Waals surface area contributed by atoms with Gasteiger partial charge in [0.25, 0.3) is 0 Å². The molecule has 2 atom stereocenters. The third-order valence-corrected chi connectivity index (χ3v) is 4.89. The Labute approximate surface area is 154 Å². The van der Waals surface area contributed by atoms with Crippen LogP contribution in [0.15, 0.2) is 54.6 Å². The fourth-order valence-corrected chi connectivity index (χ4v) is 3.42. The van der Waals surface area contributed by atoms with Crippen LogP contribution in [0.4, 0.5) is 10.5 Å². The second-order valence-corrected chi connectivity index (χ2v) is 7.00. The van der Waals surface area contributed by atoms with Crippen molar-refractivity contribution in [3.63, 3.8) is 0 Å². The van der Waals surface area contributed by atoms with Gasteiger partial charge in [-0.1, -0.05) is 41.9 Å². The first-order valence-electron chi connectivity index (χ1n) is 8.71. The van der Waals surface area contributed by atoms with E-state index in [2.05, 4.69) is 39.8 Å². The van der Waals surface area contributed by atoms with Gasteiger partial charge in [0.2, 0.25) is 0 Å². The third-order valence-electron chi connectivity index (χ3n) is 4.65. The number of hydrogen-bond donors (Lipinski definition) is 2. The van der Waals surface area contributed by atoms with Gasteiger partial charge in [0.15, 0.2) is 0 Å². The predicted octanol–water partition coefficient (Wildman–Crippen LogP) is 4.23. The summed E-state index contributed by atoms with van der Waals surface area (Å²) in [6.45, 7) is 4.67. The van der Waals surface area contributed by atoms with Crippen LogP contribution in [0.5, 0.6) is 0 Å². The topological polar surface area (TPSA) is 44.4 Å². The van der Waals surface area contributed by atoms with Gasteiger partial charge in [0.05, 0.1) is 6.04 Å². The van der Waals surface area contributed by atoms with Gasteiger partial charge >= 0.3 is 6.03 Å². The van der Waals surface area contributed by atoms with Crippen LogP contribution in [-0.2, 0) is 0 Å². The summed E-state index contributed by atoms with van der Waals surface area (Å²) in [7, 11) is 0. The van der Waals surface area contributed by atoms with Crippen molar-refractivity contribution in [3.05, 3.63) is 65.2 Å². The maximum Gasteiger partial charge on any atom is 0.315 e. The summed E-state index contributed by atoms with van der Waals surface area (Å²) >= 11 is 6.00. The van der Waals surface area contributed by atoms with Gasteiger partial charge in [-0.25, -0.2) is 4.79 Å². The van der Waals surface area contributed by atoms with E-state index in [4.69, 9.17) is 11.6 Å². The Morgan fingerprint density at radius 2 is 2.04 bits per heavy atom. The highest BCUT2D eigenvalue weighted by molar-refractivity contribution is 6.30. The summed E-state index contributed by atoms with van der Waals surface area (Å²) in [5.74, 6) is 0.479. The van der Waals surface area contributed by atoms with Crippen molar-refractivity contribution >= 4 is 23.3 Å². The van der Waals surface area contributed by atoms with E-state index in [-0.39, 0.29) is 12.1 Å². The van der Waals surface area contributed by atoms with Crippen LogP contribution in [0.25, 0.3) is 0 Å². The Bertz CT molecular complexity index is 707. The summed E-state index contributed by atoms with van der Waals surface area (Å²) in [6, 6.07) is 17.8. The van der Waals surface area contributed by atoms with E-state index in [1.165, 1.54) is 5.69 Å². The average Bonchev–Trinajstić information content (AvgIpc) is 3.10. The van der Waals surface area contributed by atoms with Crippen molar-refractivity contribution in [2.24, 2.45) is 5.92 Å². The molecule has 2 aromatic carbocycles. The molecule has 2 aromatic rings. The standard InChI is InChI=1S/C20H24ClN3O/c1-15(17-6-5-7-18(21)12-17)23-20(25)22-13-16-10-11-24(14-16)19-8-3-2-4-9-19/h2-9,12,15-16H,10-11,13-14H2,1H3,(H2,22,23,25). The molecule has 1 fully saturated rings. The van der Waals surface area contributed by atoms with Gasteiger partial charge in [-0.3, -0.25) is 0 Å². The van der Waals surface area contributed by atoms with Gasteiger partial charge in [-0.2, -0.15) is 0 Å². The number of amides is 2. The lowest BCUT2D eigenvalue weighted by Crippen LogP contribution is -2.40. The molecule has 0 aromatic heterocycles. The minimum Gasteiger partial charge on any atom is -0.371 e. The number of rotatable bonds is 5. The maximum absolute atomic E-state index is 12.2. The molecule has 0 spiro atoms. The molecule has 0 saturated carbocycles. The molecule has 1 aliphatic heterocycles. The number of nitrogens with zero attached hydrogens (tertiary/aromatic N) is 1. The van der Waals surface area contributed by atoms with E-state index in [1.54, 1.807) is 0 Å². The monoisotopic (exact) mass is 357 g/mol. The van der Waals surface area contributed by atoms with Gasteiger partial charge in [0.1, 0.15) is 0 Å². The van der Waals surface area contributed by atoms with E-state index in [1.807, 2.05) is 37.3 Å². The summed E-state index contributed by atoms with van der Waals surface area (Å²) in [5.41, 5.74) is 2.25. The first kappa shape index (κ1) is 17.6. The number of nitrogens with one attached hydrogen (secondary N) is 2. The van der Waals surface area contributed by atoms with Gasteiger partial charge in [0, 0.05) is 30.3 Å². The van der Waals surface area contributed by atoms with Crippen LogP contribution < -0.4 is 15.5 Å². The summed E-state index contributed by atoms with van der Waals surface area (Å²) in [6.07, 6.45) is 1.10. The van der Waals surface area contributed by atoms with Crippen LogP contribution in [0.1, 0.15) is 24.9 Å². The van der Waals surface area contributed by atoms with Crippen molar-refractivity contribution in [2.75, 3.05) is 24.5 Å². The van der Waals surface area contributed by atoms with E-state index < -0.39 is 0 Å². The van der Waals surface area contributed by atoms with E-state index >= 15 is 0 Å². The lowest BCUT2D eigenvalue weighted by molar-refractivity contribution is 0.236. The van der Waals surface area contributed by atoms with Crippen LogP contribution in [0.3, 0.4) is 0 Å². The van der Waals surface area contributed by atoms with Crippen LogP contribution >= 0.6 is 11.6 Å². The van der Waals surface area contributed by atoms with Crippen molar-refractivity contribution in [1.82, 2.24) is 10.6 Å². The minimum atomic E-state index is -0.134. The molecule has 4 nitrogen and oxygen atoms in total. The van der Waals surface area contributed by atoms with Gasteiger partial charge < -0.3 is 15.5 Å². The highest BCUT2D eigenvalue weighted by Crippen LogP contribution is 2.23. The fraction of sp³-hybridized carbons (Fsp3) is 0.350. The van der Waals surface area contributed by atoms with Crippen LogP contribution in [0.2, 0.25) is 5.02 Å². The molecule has 1 heterocycles. The second-order valence-electron chi connectivity index (χ2n) is 6.57. The molecule has 3 rings (SSSR count). The molecule has 132 valence electrons. The lowest BCUT2D eigenvalue weighted by atomic mass is 10.1. The smallest absolute Gasteiger partial charge is 0.315 e. The van der Waals surface area contributed by atoms with Crippen molar-refractivity contribution < 1.29 is 4.79 Å². The molecule has 2 unspecified atom stereocenters. The van der Waals surface area contributed by atoms with E-state index in [9.17, 15) is 4.79 Å². The minimum absolute atomic E-state index is 0.0805. The Hall–Kier alpha value is -2.20. The molecule has 0 radical (unpaired) electrons. The highest BCUT2D eigenvalue weighted by atomic mass is 35.5. The summed E-state index contributed by atoms with van der Waals surface area (Å²) in [5, 5.41) is 6.65. The number of para-hydroxylation sites is 1. The molecular formula is C20H24ClN3O. The number of carbonyl (C=O) groups is 1. The first-order chi connectivity index (χ1) is 12.1. The second kappa shape index (κ2) is 8.26. The third kappa shape index (κ3) is 4.89. The molecular weight excluding hydrogens is 334 g/mol. The zero-order chi connectivity index (χ0) is 17.6. The van der Waals surface area contributed by atoms with Crippen molar-refractivity contribution in [2.45, 2.75) is 19.4 Å².